The van der Waals surface area contributed by atoms with Crippen LogP contribution in [0.4, 0.5) is 0 Å². The van der Waals surface area contributed by atoms with Crippen LogP contribution in [0.5, 0.6) is 0 Å². The zero-order chi connectivity index (χ0) is 21.4. The van der Waals surface area contributed by atoms with Gasteiger partial charge in [-0.3, -0.25) is 0 Å². The van der Waals surface area contributed by atoms with Gasteiger partial charge in [0, 0.05) is 0 Å². The molecule has 0 radical (unpaired) electrons. The van der Waals surface area contributed by atoms with Gasteiger partial charge in [-0.25, -0.2) is 0 Å². The summed E-state index contributed by atoms with van der Waals surface area (Å²) in [6.45, 7) is 15.3. The van der Waals surface area contributed by atoms with Gasteiger partial charge < -0.3 is 0 Å². The van der Waals surface area contributed by atoms with Gasteiger partial charge in [0.2, 0.25) is 0 Å². The van der Waals surface area contributed by atoms with Crippen LogP contribution in [0.3, 0.4) is 0 Å². The molecule has 0 N–H and O–H groups in total. The van der Waals surface area contributed by atoms with Gasteiger partial charge in [-0.2, -0.15) is 0 Å². The van der Waals surface area contributed by atoms with Crippen LogP contribution in [0, 0.1) is 5.41 Å². The minimum atomic E-state index is -0.302. The fourth-order valence-corrected chi connectivity index (χ4v) is 4.84. The molecule has 154 valence electrons. The van der Waals surface area contributed by atoms with Crippen LogP contribution in [0.15, 0.2) is 30.5 Å². The van der Waals surface area contributed by atoms with E-state index in [-0.39, 0.29) is 18.3 Å². The summed E-state index contributed by atoms with van der Waals surface area (Å²) in [7, 11) is -0.291. The molecule has 4 nitrogen and oxygen atoms in total. The predicted molar refractivity (Wildman–Crippen MR) is 121 cm³/mol. The topological polar surface area (TPSA) is 36.3 Å². The molecular formula is C23H34BN2O2Tl. The van der Waals surface area contributed by atoms with Gasteiger partial charge in [-0.1, -0.05) is 0 Å². The summed E-state index contributed by atoms with van der Waals surface area (Å²) in [5, 5.41) is 0. The maximum absolute atomic E-state index is 6.16. The molecule has 6 heteroatoms. The van der Waals surface area contributed by atoms with Crippen LogP contribution in [-0.2, 0) is 28.6 Å². The van der Waals surface area contributed by atoms with Gasteiger partial charge in [-0.15, -0.1) is 0 Å². The molecular weight excluding hydrogens is 551 g/mol. The van der Waals surface area contributed by atoms with Crippen molar-refractivity contribution in [2.75, 3.05) is 0 Å². The molecule has 1 aliphatic rings. The summed E-state index contributed by atoms with van der Waals surface area (Å²) < 4.78 is 14.7. The number of hydrogen-bond donors (Lipinski definition) is 0. The van der Waals surface area contributed by atoms with Crippen LogP contribution in [0.2, 0.25) is 0 Å². The molecule has 0 spiro atoms. The third-order valence-corrected chi connectivity index (χ3v) is 8.36. The standard InChI is InChI=1S/C23H34BN2O2.Tl/c1-8-21(2,3)15-19-16-25-20(26-19)14-11-17-9-12-18(13-10-17)24-27-22(4,5)23(6,7)28-24;/h9-10,12-13,16H,8,11,14-15H2,1-7H3;/q-1;+1. The Kier molecular flexibility index (Phi) is 6.71. The fourth-order valence-electron chi connectivity index (χ4n) is 3.45. The van der Waals surface area contributed by atoms with Crippen molar-refractivity contribution in [3.05, 3.63) is 47.5 Å². The Morgan fingerprint density at radius 3 is 2.17 bits per heavy atom. The average molecular weight is 586 g/mol. The van der Waals surface area contributed by atoms with Crippen LogP contribution in [-0.4, -0.2) is 51.7 Å². The number of hydrogen-bond acceptors (Lipinski definition) is 3. The molecule has 2 heterocycles. The predicted octanol–water partition coefficient (Wildman–Crippen LogP) is 3.88. The summed E-state index contributed by atoms with van der Waals surface area (Å²) in [6.07, 6.45) is 6.48. The van der Waals surface area contributed by atoms with Gasteiger partial charge in [0.15, 0.2) is 0 Å². The molecule has 29 heavy (non-hydrogen) atoms. The summed E-state index contributed by atoms with van der Waals surface area (Å²) in [5.74, 6) is 1.23. The van der Waals surface area contributed by atoms with Gasteiger partial charge in [0.1, 0.15) is 0 Å². The molecule has 0 saturated carbocycles. The van der Waals surface area contributed by atoms with E-state index in [0.717, 1.165) is 50.8 Å². The van der Waals surface area contributed by atoms with Crippen LogP contribution in [0.1, 0.15) is 72.0 Å². The Bertz CT molecular complexity index is 827. The van der Waals surface area contributed by atoms with E-state index in [4.69, 9.17) is 14.3 Å². The zero-order valence-electron chi connectivity index (χ0n) is 19.1. The zero-order valence-corrected chi connectivity index (χ0v) is 23.6. The number of imidazole rings is 1. The molecule has 0 aliphatic carbocycles. The summed E-state index contributed by atoms with van der Waals surface area (Å²) >= 11 is 0.756. The molecule has 1 saturated heterocycles. The molecule has 3 rings (SSSR count). The summed E-state index contributed by atoms with van der Waals surface area (Å²) in [4.78, 5) is 4.94. The van der Waals surface area contributed by atoms with Crippen molar-refractivity contribution in [2.24, 2.45) is 5.41 Å². The first-order valence-electron chi connectivity index (χ1n) is 10.7. The molecule has 1 aromatic heterocycles. The van der Waals surface area contributed by atoms with Gasteiger partial charge >= 0.3 is 194 Å². The molecule has 1 fully saturated rings. The third kappa shape index (κ3) is 5.34. The maximum atomic E-state index is 6.16. The van der Waals surface area contributed by atoms with E-state index in [9.17, 15) is 0 Å². The van der Waals surface area contributed by atoms with Crippen molar-refractivity contribution in [1.29, 1.82) is 0 Å². The summed E-state index contributed by atoms with van der Waals surface area (Å²) in [5.41, 5.74) is 3.37. The monoisotopic (exact) mass is 586 g/mol. The number of aryl methyl sites for hydroxylation is 2. The number of aromatic nitrogens is 2. The Morgan fingerprint density at radius 1 is 1.03 bits per heavy atom. The molecule has 1 aliphatic heterocycles. The Morgan fingerprint density at radius 2 is 1.62 bits per heavy atom. The van der Waals surface area contributed by atoms with E-state index in [2.05, 4.69) is 81.3 Å². The minimum absolute atomic E-state index is 0.291. The van der Waals surface area contributed by atoms with Crippen molar-refractivity contribution in [3.63, 3.8) is 0 Å². The molecule has 0 bridgehead atoms. The molecule has 0 amide bonds. The van der Waals surface area contributed by atoms with Crippen molar-refractivity contribution in [1.82, 2.24) is 7.36 Å². The van der Waals surface area contributed by atoms with E-state index in [0.29, 0.717) is 5.41 Å². The average Bonchev–Trinajstić information content (AvgIpc) is 3.08. The molecule has 1 aromatic carbocycles. The van der Waals surface area contributed by atoms with Crippen molar-refractivity contribution in [3.8, 4) is 0 Å². The Balaban J connectivity index is 1.61. The first-order chi connectivity index (χ1) is 13.4. The van der Waals surface area contributed by atoms with Gasteiger partial charge in [-0.05, 0) is 0 Å². The van der Waals surface area contributed by atoms with Crippen molar-refractivity contribution in [2.45, 2.75) is 85.4 Å². The van der Waals surface area contributed by atoms with Crippen LogP contribution in [0.25, 0.3) is 0 Å². The number of nitrogens with zero attached hydrogens (tertiary/aromatic N) is 2. The molecule has 0 atom stereocenters. The van der Waals surface area contributed by atoms with Gasteiger partial charge in [0.25, 0.3) is 0 Å². The molecule has 2 aromatic rings. The first kappa shape index (κ1) is 23.0. The van der Waals surface area contributed by atoms with E-state index in [1.165, 1.54) is 23.5 Å². The van der Waals surface area contributed by atoms with Crippen LogP contribution >= 0.6 is 0 Å². The van der Waals surface area contributed by atoms with Crippen molar-refractivity contribution < 1.29 is 9.31 Å². The second-order valence-electron chi connectivity index (χ2n) is 10.1. The normalized spacial score (nSPS) is 18.3. The molecule has 0 unspecified atom stereocenters. The Hall–Kier alpha value is -0.663. The SMILES string of the molecule is CCC(C)(C)Cc1c[n]([Tl])c(CCc2ccc(B3OC(C)(C)C(C)(C)O3)cc2)n1. The first-order valence-corrected chi connectivity index (χ1v) is 12.7. The third-order valence-electron chi connectivity index (χ3n) is 6.62. The quantitative estimate of drug-likeness (QED) is 0.463. The van der Waals surface area contributed by atoms with E-state index in [1.807, 2.05) is 0 Å². The fraction of sp³-hybridized carbons (Fsp3) is 0.609. The van der Waals surface area contributed by atoms with E-state index >= 15 is 0 Å². The number of rotatable bonds is 7. The van der Waals surface area contributed by atoms with Gasteiger partial charge in [0.05, 0.1) is 0 Å². The van der Waals surface area contributed by atoms with Crippen molar-refractivity contribution >= 4 is 38.6 Å². The second kappa shape index (κ2) is 8.46. The Labute approximate surface area is 193 Å². The van der Waals surface area contributed by atoms with E-state index in [1.54, 1.807) is 0 Å². The van der Waals surface area contributed by atoms with E-state index < -0.39 is 0 Å². The number of benzene rings is 1. The van der Waals surface area contributed by atoms with Crippen LogP contribution < -0.4 is 5.46 Å². The second-order valence-corrected chi connectivity index (χ2v) is 12.2. The summed E-state index contributed by atoms with van der Waals surface area (Å²) in [6, 6.07) is 8.68.